The predicted octanol–water partition coefficient (Wildman–Crippen LogP) is 3.70. The quantitative estimate of drug-likeness (QED) is 0.633. The van der Waals surface area contributed by atoms with Gasteiger partial charge in [0.1, 0.15) is 4.90 Å². The van der Waals surface area contributed by atoms with Crippen LogP contribution in [0.5, 0.6) is 5.88 Å². The summed E-state index contributed by atoms with van der Waals surface area (Å²) in [5.41, 5.74) is -0.0916. The summed E-state index contributed by atoms with van der Waals surface area (Å²) in [4.78, 5) is 9.93. The summed E-state index contributed by atoms with van der Waals surface area (Å²) < 4.78 is 70.7. The summed E-state index contributed by atoms with van der Waals surface area (Å²) in [6, 6.07) is 4.59. The number of ether oxygens (including phenoxy) is 1. The number of fused-ring (bicyclic) bond motifs is 1. The molecule has 0 amide bonds. The molecule has 1 unspecified atom stereocenters. The van der Waals surface area contributed by atoms with Crippen molar-refractivity contribution in [2.75, 3.05) is 11.8 Å². The normalized spacial score (nSPS) is 13.1. The highest BCUT2D eigenvalue weighted by molar-refractivity contribution is 7.93. The molecule has 0 aliphatic rings. The maximum absolute atomic E-state index is 13.5. The number of nitrogens with one attached hydrogen (secondary N) is 2. The van der Waals surface area contributed by atoms with Gasteiger partial charge >= 0.3 is 0 Å². The molecule has 3 aromatic rings. The molecular weight excluding hydrogens is 409 g/mol. The van der Waals surface area contributed by atoms with Crippen LogP contribution in [0.3, 0.4) is 0 Å². The molecule has 0 spiro atoms. The topological polar surface area (TPSA) is 97.0 Å². The zero-order chi connectivity index (χ0) is 19.8. The lowest BCUT2D eigenvalue weighted by atomic mass is 10.2. The van der Waals surface area contributed by atoms with Crippen LogP contribution in [0.4, 0.5) is 19.1 Å². The Labute approximate surface area is 156 Å². The first kappa shape index (κ1) is 19.2. The Balaban J connectivity index is 1.95. The molecule has 0 aliphatic heterocycles. The minimum Gasteiger partial charge on any atom is -0.481 e. The van der Waals surface area contributed by atoms with Gasteiger partial charge in [0.25, 0.3) is 16.4 Å². The maximum Gasteiger partial charge on any atom is 0.273 e. The second kappa shape index (κ2) is 7.24. The van der Waals surface area contributed by atoms with Crippen LogP contribution in [-0.4, -0.2) is 36.9 Å². The number of H-pyrrole nitrogens is 1. The third kappa shape index (κ3) is 3.78. The van der Waals surface area contributed by atoms with Crippen molar-refractivity contribution in [3.63, 3.8) is 0 Å². The molecule has 27 heavy (non-hydrogen) atoms. The molecule has 0 saturated heterocycles. The average Bonchev–Trinajstić information content (AvgIpc) is 3.04. The van der Waals surface area contributed by atoms with Gasteiger partial charge in [0.05, 0.1) is 12.7 Å². The second-order valence-electron chi connectivity index (χ2n) is 5.34. The van der Waals surface area contributed by atoms with Crippen LogP contribution in [0.25, 0.3) is 10.9 Å². The SMILES string of the molecule is COc1nc(NS(=O)(=O)c2c[nH]c3cc(Cl)ccc23)ncc1C(F)C(F)F. The van der Waals surface area contributed by atoms with Crippen LogP contribution in [0.15, 0.2) is 35.5 Å². The van der Waals surface area contributed by atoms with Crippen molar-refractivity contribution in [3.05, 3.63) is 41.2 Å². The number of sulfonamides is 1. The number of aromatic amines is 1. The van der Waals surface area contributed by atoms with Gasteiger partial charge in [-0.15, -0.1) is 0 Å². The number of hydrogen-bond donors (Lipinski definition) is 2. The van der Waals surface area contributed by atoms with Crippen molar-refractivity contribution in [3.8, 4) is 5.88 Å². The highest BCUT2D eigenvalue weighted by Gasteiger charge is 2.28. The lowest BCUT2D eigenvalue weighted by molar-refractivity contribution is 0.0476. The van der Waals surface area contributed by atoms with Gasteiger partial charge in [-0.2, -0.15) is 4.98 Å². The Hall–Kier alpha value is -2.53. The van der Waals surface area contributed by atoms with E-state index in [-0.39, 0.29) is 4.90 Å². The van der Waals surface area contributed by atoms with Crippen LogP contribution in [-0.2, 0) is 10.0 Å². The van der Waals surface area contributed by atoms with Crippen molar-refractivity contribution < 1.29 is 26.3 Å². The number of rotatable bonds is 6. The second-order valence-corrected chi connectivity index (χ2v) is 7.43. The molecular formula is C15H12ClF3N4O3S. The molecule has 0 aliphatic carbocycles. The number of benzene rings is 1. The van der Waals surface area contributed by atoms with Gasteiger partial charge in [0.2, 0.25) is 11.8 Å². The number of nitrogens with zero attached hydrogens (tertiary/aromatic N) is 2. The Kier molecular flexibility index (Phi) is 5.16. The van der Waals surface area contributed by atoms with Crippen LogP contribution < -0.4 is 9.46 Å². The summed E-state index contributed by atoms with van der Waals surface area (Å²) in [6.45, 7) is 0. The molecule has 0 radical (unpaired) electrons. The largest absolute Gasteiger partial charge is 0.481 e. The molecule has 0 saturated carbocycles. The maximum atomic E-state index is 13.5. The van der Waals surface area contributed by atoms with Gasteiger partial charge < -0.3 is 9.72 Å². The van der Waals surface area contributed by atoms with E-state index >= 15 is 0 Å². The lowest BCUT2D eigenvalue weighted by Crippen LogP contribution is -2.16. The Morgan fingerprint density at radius 1 is 1.30 bits per heavy atom. The van der Waals surface area contributed by atoms with Crippen molar-refractivity contribution in [1.82, 2.24) is 15.0 Å². The fourth-order valence-electron chi connectivity index (χ4n) is 2.38. The zero-order valence-corrected chi connectivity index (χ0v) is 15.2. The molecule has 0 fully saturated rings. The van der Waals surface area contributed by atoms with E-state index in [0.717, 1.165) is 13.3 Å². The number of alkyl halides is 3. The number of anilines is 1. The molecule has 1 atom stereocenters. The van der Waals surface area contributed by atoms with E-state index in [4.69, 9.17) is 16.3 Å². The van der Waals surface area contributed by atoms with Crippen molar-refractivity contribution >= 4 is 38.5 Å². The van der Waals surface area contributed by atoms with Gasteiger partial charge in [0, 0.05) is 28.3 Å². The van der Waals surface area contributed by atoms with Crippen LogP contribution >= 0.6 is 11.6 Å². The Bertz CT molecular complexity index is 1090. The molecule has 2 N–H and O–H groups in total. The molecule has 1 aromatic carbocycles. The fourth-order valence-corrected chi connectivity index (χ4v) is 3.68. The standard InChI is InChI=1S/C15H12ClF3N4O3S/c1-26-14-9(12(17)13(18)19)5-21-15(22-14)23-27(24,25)11-6-20-10-4-7(16)2-3-8(10)11/h2-6,12-13,20H,1H3,(H,21,22,23). The van der Waals surface area contributed by atoms with Crippen molar-refractivity contribution in [2.24, 2.45) is 0 Å². The summed E-state index contributed by atoms with van der Waals surface area (Å²) in [5.74, 6) is -0.957. The smallest absolute Gasteiger partial charge is 0.273 e. The molecule has 12 heteroatoms. The van der Waals surface area contributed by atoms with E-state index in [0.29, 0.717) is 15.9 Å². The Morgan fingerprint density at radius 3 is 2.70 bits per heavy atom. The van der Waals surface area contributed by atoms with E-state index < -0.39 is 40.0 Å². The van der Waals surface area contributed by atoms with Crippen LogP contribution in [0.1, 0.15) is 11.7 Å². The van der Waals surface area contributed by atoms with Gasteiger partial charge in [-0.05, 0) is 18.2 Å². The average molecular weight is 421 g/mol. The third-order valence-corrected chi connectivity index (χ3v) is 5.22. The number of methoxy groups -OCH3 is 1. The first-order valence-corrected chi connectivity index (χ1v) is 9.21. The summed E-state index contributed by atoms with van der Waals surface area (Å²) in [7, 11) is -3.04. The first-order chi connectivity index (χ1) is 12.7. The third-order valence-electron chi connectivity index (χ3n) is 3.61. The van der Waals surface area contributed by atoms with E-state index in [2.05, 4.69) is 19.7 Å². The highest BCUT2D eigenvalue weighted by atomic mass is 35.5. The number of halogens is 4. The summed E-state index contributed by atoms with van der Waals surface area (Å²) in [6.07, 6.45) is -3.97. The molecule has 2 aromatic heterocycles. The lowest BCUT2D eigenvalue weighted by Gasteiger charge is -2.12. The monoisotopic (exact) mass is 420 g/mol. The highest BCUT2D eigenvalue weighted by Crippen LogP contribution is 2.32. The molecule has 2 heterocycles. The van der Waals surface area contributed by atoms with Crippen molar-refractivity contribution in [2.45, 2.75) is 17.5 Å². The predicted molar refractivity (Wildman–Crippen MR) is 92.6 cm³/mol. The van der Waals surface area contributed by atoms with Crippen LogP contribution in [0.2, 0.25) is 5.02 Å². The zero-order valence-electron chi connectivity index (χ0n) is 13.6. The van der Waals surface area contributed by atoms with Crippen LogP contribution in [0, 0.1) is 0 Å². The molecule has 7 nitrogen and oxygen atoms in total. The summed E-state index contributed by atoms with van der Waals surface area (Å²) >= 11 is 5.86. The van der Waals surface area contributed by atoms with Gasteiger partial charge in [-0.1, -0.05) is 11.6 Å². The minimum absolute atomic E-state index is 0.100. The molecule has 3 rings (SSSR count). The van der Waals surface area contributed by atoms with Crippen molar-refractivity contribution in [1.29, 1.82) is 0 Å². The first-order valence-electron chi connectivity index (χ1n) is 7.35. The molecule has 144 valence electrons. The van der Waals surface area contributed by atoms with Gasteiger partial charge in [-0.25, -0.2) is 31.3 Å². The van der Waals surface area contributed by atoms with Gasteiger partial charge in [0.15, 0.2) is 6.17 Å². The number of hydrogen-bond acceptors (Lipinski definition) is 5. The molecule has 0 bridgehead atoms. The Morgan fingerprint density at radius 2 is 2.04 bits per heavy atom. The van der Waals surface area contributed by atoms with E-state index in [1.807, 2.05) is 0 Å². The van der Waals surface area contributed by atoms with E-state index in [9.17, 15) is 21.6 Å². The minimum atomic E-state index is -4.13. The fraction of sp³-hybridized carbons (Fsp3) is 0.200. The van der Waals surface area contributed by atoms with E-state index in [1.165, 1.54) is 18.3 Å². The number of aromatic nitrogens is 3. The summed E-state index contributed by atoms with van der Waals surface area (Å²) in [5, 5.41) is 0.793. The van der Waals surface area contributed by atoms with E-state index in [1.54, 1.807) is 6.07 Å². The van der Waals surface area contributed by atoms with Gasteiger partial charge in [-0.3, -0.25) is 0 Å².